The maximum atomic E-state index is 12.7. The van der Waals surface area contributed by atoms with Gasteiger partial charge in [0, 0.05) is 31.0 Å². The van der Waals surface area contributed by atoms with Gasteiger partial charge >= 0.3 is 5.97 Å². The Kier molecular flexibility index (Phi) is 5.30. The van der Waals surface area contributed by atoms with E-state index < -0.39 is 17.7 Å². The van der Waals surface area contributed by atoms with Crippen LogP contribution in [0.15, 0.2) is 35.1 Å². The smallest absolute Gasteiger partial charge is 0.340 e. The highest BCUT2D eigenvalue weighted by atomic mass is 16.4. The van der Waals surface area contributed by atoms with E-state index in [0.717, 1.165) is 19.0 Å². The molecule has 7 nitrogen and oxygen atoms in total. The van der Waals surface area contributed by atoms with E-state index in [0.29, 0.717) is 35.6 Å². The number of rotatable bonds is 6. The Labute approximate surface area is 157 Å². The fraction of sp³-hybridized carbons (Fsp3) is 0.350. The van der Waals surface area contributed by atoms with Crippen LogP contribution < -0.4 is 0 Å². The molecule has 1 aliphatic carbocycles. The van der Waals surface area contributed by atoms with Gasteiger partial charge in [-0.2, -0.15) is 0 Å². The van der Waals surface area contributed by atoms with Gasteiger partial charge in [0.05, 0.1) is 22.9 Å². The van der Waals surface area contributed by atoms with Crippen LogP contribution in [0, 0.1) is 5.92 Å². The Hall–Kier alpha value is -3.09. The molecule has 2 aliphatic rings. The number of allylic oxidation sites excluding steroid dienone is 1. The van der Waals surface area contributed by atoms with Crippen molar-refractivity contribution in [3.05, 3.63) is 46.9 Å². The van der Waals surface area contributed by atoms with Crippen LogP contribution in [0.25, 0.3) is 6.08 Å². The highest BCUT2D eigenvalue weighted by Gasteiger charge is 2.35. The number of ketones is 1. The lowest BCUT2D eigenvalue weighted by Crippen LogP contribution is -2.34. The molecule has 1 aromatic rings. The Morgan fingerprint density at radius 3 is 2.74 bits per heavy atom. The lowest BCUT2D eigenvalue weighted by atomic mass is 9.83. The van der Waals surface area contributed by atoms with Crippen LogP contribution >= 0.6 is 0 Å². The Morgan fingerprint density at radius 2 is 2.07 bits per heavy atom. The van der Waals surface area contributed by atoms with Gasteiger partial charge in [0.2, 0.25) is 0 Å². The van der Waals surface area contributed by atoms with Gasteiger partial charge in [-0.05, 0) is 19.4 Å². The number of aliphatic carboxylic acids is 1. The number of Topliss-reactive ketones (excluding diaryl/α,β-unsaturated/α-hetero) is 1. The van der Waals surface area contributed by atoms with Crippen molar-refractivity contribution in [1.29, 1.82) is 0 Å². The number of aliphatic imine (C=N–C) groups is 1. The number of carbonyl (C=O) groups is 3. The zero-order valence-corrected chi connectivity index (χ0v) is 15.3. The molecule has 2 heterocycles. The largest absolute Gasteiger partial charge is 0.478 e. The Bertz CT molecular complexity index is 898. The number of hydrogen-bond donors (Lipinski definition) is 1. The first kappa shape index (κ1) is 18.7. The minimum atomic E-state index is -1.29. The summed E-state index contributed by atoms with van der Waals surface area (Å²) in [5, 5.41) is 9.09. The lowest BCUT2D eigenvalue weighted by Gasteiger charge is -2.24. The van der Waals surface area contributed by atoms with Crippen molar-refractivity contribution >= 4 is 29.4 Å². The number of unbranched alkanes of at least 4 members (excludes halogenated alkanes) is 1. The topological polar surface area (TPSA) is 99.9 Å². The summed E-state index contributed by atoms with van der Waals surface area (Å²) in [5.41, 5.74) is 1.77. The third-order valence-corrected chi connectivity index (χ3v) is 4.73. The maximum absolute atomic E-state index is 12.7. The van der Waals surface area contributed by atoms with Crippen molar-refractivity contribution in [3.63, 3.8) is 0 Å². The van der Waals surface area contributed by atoms with Gasteiger partial charge in [-0.1, -0.05) is 25.5 Å². The molecule has 1 aromatic heterocycles. The number of carbonyl (C=O) groups excluding carboxylic acids is 2. The van der Waals surface area contributed by atoms with Gasteiger partial charge in [0.15, 0.2) is 5.78 Å². The second kappa shape index (κ2) is 7.65. The number of carboxylic acid groups (broad SMARTS) is 1. The summed E-state index contributed by atoms with van der Waals surface area (Å²) in [7, 11) is 0. The minimum absolute atomic E-state index is 0.0773. The maximum Gasteiger partial charge on any atom is 0.340 e. The van der Waals surface area contributed by atoms with E-state index in [1.165, 1.54) is 6.20 Å². The minimum Gasteiger partial charge on any atom is -0.478 e. The molecule has 1 amide bonds. The Balaban J connectivity index is 1.93. The van der Waals surface area contributed by atoms with E-state index in [4.69, 9.17) is 5.11 Å². The summed E-state index contributed by atoms with van der Waals surface area (Å²) in [4.78, 5) is 46.5. The first-order chi connectivity index (χ1) is 13.0. The number of nitrogens with zero attached hydrogens (tertiary/aromatic N) is 3. The summed E-state index contributed by atoms with van der Waals surface area (Å²) < 4.78 is 0. The standard InChI is InChI=1S/C20H21N3O4/c1-3-5-8-23(4-2)19(25)13-9-12-6-7-14-17(16(12)21-10-13)22-11-15(18(14)24)20(26)27/h6-7,9-11,14H,3-5,8H2,1-2H3,(H,26,27). The third kappa shape index (κ3) is 3.45. The molecule has 0 aromatic carbocycles. The first-order valence-corrected chi connectivity index (χ1v) is 9.01. The van der Waals surface area contributed by atoms with Crippen LogP contribution in [-0.4, -0.2) is 51.5 Å². The molecule has 140 valence electrons. The molecule has 0 saturated heterocycles. The first-order valence-electron chi connectivity index (χ1n) is 9.01. The molecule has 1 aliphatic heterocycles. The average Bonchev–Trinajstić information content (AvgIpc) is 2.67. The van der Waals surface area contributed by atoms with E-state index in [9.17, 15) is 14.4 Å². The van der Waals surface area contributed by atoms with Gasteiger partial charge in [-0.3, -0.25) is 19.6 Å². The monoisotopic (exact) mass is 367 g/mol. The molecular formula is C20H21N3O4. The number of hydrogen-bond acceptors (Lipinski definition) is 5. The number of carboxylic acids is 1. The zero-order chi connectivity index (χ0) is 19.6. The van der Waals surface area contributed by atoms with Crippen molar-refractivity contribution in [1.82, 2.24) is 9.88 Å². The van der Waals surface area contributed by atoms with E-state index in [1.54, 1.807) is 23.1 Å². The molecule has 1 N–H and O–H groups in total. The van der Waals surface area contributed by atoms with Crippen LogP contribution in [0.1, 0.15) is 48.3 Å². The van der Waals surface area contributed by atoms with Crippen molar-refractivity contribution in [2.75, 3.05) is 13.1 Å². The normalized spacial score (nSPS) is 17.6. The molecule has 0 radical (unpaired) electrons. The van der Waals surface area contributed by atoms with Crippen LogP contribution in [0.4, 0.5) is 0 Å². The van der Waals surface area contributed by atoms with Crippen molar-refractivity contribution in [3.8, 4) is 0 Å². The molecule has 1 atom stereocenters. The number of pyridine rings is 1. The molecular weight excluding hydrogens is 346 g/mol. The van der Waals surface area contributed by atoms with Crippen molar-refractivity contribution < 1.29 is 19.5 Å². The van der Waals surface area contributed by atoms with Crippen LogP contribution in [0.3, 0.4) is 0 Å². The molecule has 0 spiro atoms. The third-order valence-electron chi connectivity index (χ3n) is 4.73. The SMILES string of the molecule is CCCCN(CC)C(=O)c1cnc2c(c1)C=CC1C(=O)C(C(=O)O)=CN=C21. The fourth-order valence-electron chi connectivity index (χ4n) is 3.19. The van der Waals surface area contributed by atoms with E-state index in [1.807, 2.05) is 6.92 Å². The molecule has 27 heavy (non-hydrogen) atoms. The summed E-state index contributed by atoms with van der Waals surface area (Å²) >= 11 is 0. The Morgan fingerprint density at radius 1 is 1.30 bits per heavy atom. The van der Waals surface area contributed by atoms with Crippen LogP contribution in [0.2, 0.25) is 0 Å². The van der Waals surface area contributed by atoms with E-state index >= 15 is 0 Å². The summed E-state index contributed by atoms with van der Waals surface area (Å²) in [6, 6.07) is 1.75. The molecule has 0 fully saturated rings. The second-order valence-corrected chi connectivity index (χ2v) is 6.46. The van der Waals surface area contributed by atoms with Crippen LogP contribution in [-0.2, 0) is 9.59 Å². The van der Waals surface area contributed by atoms with Gasteiger partial charge in [0.1, 0.15) is 5.57 Å². The van der Waals surface area contributed by atoms with Crippen molar-refractivity contribution in [2.24, 2.45) is 10.9 Å². The molecule has 0 saturated carbocycles. The van der Waals surface area contributed by atoms with E-state index in [-0.39, 0.29) is 11.5 Å². The molecule has 0 bridgehead atoms. The van der Waals surface area contributed by atoms with Gasteiger partial charge in [0.25, 0.3) is 5.91 Å². The summed E-state index contributed by atoms with van der Waals surface area (Å²) in [6.07, 6.45) is 7.84. The lowest BCUT2D eigenvalue weighted by molar-refractivity contribution is -0.134. The fourth-order valence-corrected chi connectivity index (χ4v) is 3.19. The summed E-state index contributed by atoms with van der Waals surface area (Å²) in [6.45, 7) is 5.34. The molecule has 3 rings (SSSR count). The summed E-state index contributed by atoms with van der Waals surface area (Å²) in [5.74, 6) is -2.62. The molecule has 1 unspecified atom stereocenters. The number of fused-ring (bicyclic) bond motifs is 3. The predicted molar refractivity (Wildman–Crippen MR) is 101 cm³/mol. The van der Waals surface area contributed by atoms with Gasteiger partial charge in [-0.15, -0.1) is 0 Å². The predicted octanol–water partition coefficient (Wildman–Crippen LogP) is 2.33. The van der Waals surface area contributed by atoms with Gasteiger partial charge < -0.3 is 10.0 Å². The average molecular weight is 367 g/mol. The number of aromatic nitrogens is 1. The second-order valence-electron chi connectivity index (χ2n) is 6.46. The number of amides is 1. The van der Waals surface area contributed by atoms with Crippen molar-refractivity contribution in [2.45, 2.75) is 26.7 Å². The quantitative estimate of drug-likeness (QED) is 0.778. The highest BCUT2D eigenvalue weighted by molar-refractivity contribution is 6.29. The van der Waals surface area contributed by atoms with Gasteiger partial charge in [-0.25, -0.2) is 4.79 Å². The zero-order valence-electron chi connectivity index (χ0n) is 15.3. The van der Waals surface area contributed by atoms with E-state index in [2.05, 4.69) is 16.9 Å². The van der Waals surface area contributed by atoms with Crippen LogP contribution in [0.5, 0.6) is 0 Å². The molecule has 7 heteroatoms. The highest BCUT2D eigenvalue weighted by Crippen LogP contribution is 2.28.